The first-order chi connectivity index (χ1) is 8.22. The van der Waals surface area contributed by atoms with Crippen molar-refractivity contribution in [3.63, 3.8) is 0 Å². The number of unbranched alkanes of at least 4 members (excludes halogenated alkanes) is 5. The van der Waals surface area contributed by atoms with Crippen molar-refractivity contribution in [3.8, 4) is 0 Å². The van der Waals surface area contributed by atoms with Crippen molar-refractivity contribution in [2.75, 3.05) is 27.2 Å². The molecule has 0 fully saturated rings. The fourth-order valence-electron chi connectivity index (χ4n) is 1.82. The minimum absolute atomic E-state index is 0.314. The molecule has 0 aliphatic carbocycles. The number of nitrogens with one attached hydrogen (secondary N) is 1. The van der Waals surface area contributed by atoms with Gasteiger partial charge >= 0.3 is 0 Å². The molecule has 17 heavy (non-hydrogen) atoms. The second-order valence-electron chi connectivity index (χ2n) is 4.79. The summed E-state index contributed by atoms with van der Waals surface area (Å²) in [7, 11) is 3.91. The largest absolute Gasteiger partial charge is 0.346 e. The van der Waals surface area contributed by atoms with Crippen molar-refractivity contribution in [2.45, 2.75) is 58.3 Å². The van der Waals surface area contributed by atoms with Crippen molar-refractivity contribution >= 4 is 5.91 Å². The molecule has 0 radical (unpaired) electrons. The third-order valence-corrected chi connectivity index (χ3v) is 3.09. The van der Waals surface area contributed by atoms with Gasteiger partial charge in [0.25, 0.3) is 0 Å². The Morgan fingerprint density at radius 3 is 2.35 bits per heavy atom. The molecule has 0 rings (SSSR count). The molecule has 0 unspecified atom stereocenters. The topological polar surface area (TPSA) is 32.3 Å². The van der Waals surface area contributed by atoms with Crippen LogP contribution in [0.2, 0.25) is 0 Å². The van der Waals surface area contributed by atoms with Crippen molar-refractivity contribution in [1.82, 2.24) is 10.2 Å². The number of carbonyl (C=O) groups is 1. The fraction of sp³-hybridized carbons (Fsp3) is 0.929. The van der Waals surface area contributed by atoms with Crippen LogP contribution in [0.4, 0.5) is 0 Å². The minimum atomic E-state index is 0.314. The molecule has 3 heteroatoms. The van der Waals surface area contributed by atoms with E-state index in [1.807, 2.05) is 19.0 Å². The molecule has 0 spiro atoms. The molecule has 0 aliphatic rings. The number of amides is 1. The van der Waals surface area contributed by atoms with E-state index in [0.717, 1.165) is 38.8 Å². The zero-order chi connectivity index (χ0) is 12.9. The van der Waals surface area contributed by atoms with Crippen LogP contribution in [0, 0.1) is 0 Å². The number of rotatable bonds is 11. The summed E-state index contributed by atoms with van der Waals surface area (Å²) >= 11 is 0. The van der Waals surface area contributed by atoms with E-state index in [9.17, 15) is 4.79 Å². The summed E-state index contributed by atoms with van der Waals surface area (Å²) in [6, 6.07) is 0. The van der Waals surface area contributed by atoms with Crippen LogP contribution in [0.25, 0.3) is 0 Å². The van der Waals surface area contributed by atoms with Crippen LogP contribution in [0.15, 0.2) is 0 Å². The average molecular weight is 242 g/mol. The van der Waals surface area contributed by atoms with Gasteiger partial charge in [-0.15, -0.1) is 0 Å². The first-order valence-corrected chi connectivity index (χ1v) is 7.11. The van der Waals surface area contributed by atoms with Crippen LogP contribution in [-0.2, 0) is 4.79 Å². The summed E-state index contributed by atoms with van der Waals surface area (Å²) in [5.74, 6) is 0.314. The Hall–Kier alpha value is -0.570. The Morgan fingerprint density at radius 2 is 1.71 bits per heavy atom. The minimum Gasteiger partial charge on any atom is -0.346 e. The van der Waals surface area contributed by atoms with Crippen LogP contribution < -0.4 is 5.32 Å². The Kier molecular flexibility index (Phi) is 11.5. The van der Waals surface area contributed by atoms with Crippen molar-refractivity contribution in [3.05, 3.63) is 0 Å². The summed E-state index contributed by atoms with van der Waals surface area (Å²) in [4.78, 5) is 13.6. The van der Waals surface area contributed by atoms with Crippen LogP contribution in [-0.4, -0.2) is 38.0 Å². The summed E-state index contributed by atoms with van der Waals surface area (Å²) < 4.78 is 0. The lowest BCUT2D eigenvalue weighted by atomic mass is 10.1. The number of carbonyl (C=O) groups excluding carboxylic acids is 1. The Morgan fingerprint density at radius 1 is 1.06 bits per heavy atom. The zero-order valence-electron chi connectivity index (χ0n) is 11.9. The quantitative estimate of drug-likeness (QED) is 0.565. The van der Waals surface area contributed by atoms with Gasteiger partial charge in [0.05, 0.1) is 0 Å². The molecule has 0 saturated carbocycles. The highest BCUT2D eigenvalue weighted by Gasteiger charge is 2.06. The van der Waals surface area contributed by atoms with Gasteiger partial charge in [0.2, 0.25) is 5.91 Å². The van der Waals surface area contributed by atoms with Gasteiger partial charge < -0.3 is 10.2 Å². The lowest BCUT2D eigenvalue weighted by molar-refractivity contribution is -0.130. The lowest BCUT2D eigenvalue weighted by Gasteiger charge is -2.16. The molecule has 1 amide bonds. The maximum absolute atomic E-state index is 11.7. The Balaban J connectivity index is 3.32. The third-order valence-electron chi connectivity index (χ3n) is 3.09. The van der Waals surface area contributed by atoms with Crippen LogP contribution in [0.1, 0.15) is 58.3 Å². The third kappa shape index (κ3) is 10.3. The van der Waals surface area contributed by atoms with Gasteiger partial charge in [0, 0.05) is 20.0 Å². The first-order valence-electron chi connectivity index (χ1n) is 7.11. The van der Waals surface area contributed by atoms with E-state index in [1.165, 1.54) is 25.7 Å². The molecular formula is C14H30N2O. The summed E-state index contributed by atoms with van der Waals surface area (Å²) in [5, 5.41) is 3.15. The van der Waals surface area contributed by atoms with Gasteiger partial charge in [0.15, 0.2) is 0 Å². The van der Waals surface area contributed by atoms with Gasteiger partial charge in [-0.3, -0.25) is 4.79 Å². The molecule has 0 heterocycles. The molecule has 0 saturated heterocycles. The van der Waals surface area contributed by atoms with E-state index in [-0.39, 0.29) is 0 Å². The van der Waals surface area contributed by atoms with Crippen molar-refractivity contribution < 1.29 is 4.79 Å². The lowest BCUT2D eigenvalue weighted by Crippen LogP contribution is -2.27. The van der Waals surface area contributed by atoms with Gasteiger partial charge in [0.1, 0.15) is 0 Å². The monoisotopic (exact) mass is 242 g/mol. The molecule has 0 aliphatic heterocycles. The van der Waals surface area contributed by atoms with Crippen LogP contribution in [0.3, 0.4) is 0 Å². The van der Waals surface area contributed by atoms with Gasteiger partial charge in [-0.05, 0) is 32.9 Å². The number of hydrogen-bond donors (Lipinski definition) is 1. The molecule has 0 bridgehead atoms. The molecule has 0 aromatic rings. The predicted octanol–water partition coefficient (Wildman–Crippen LogP) is 2.80. The Labute approximate surface area is 107 Å². The van der Waals surface area contributed by atoms with Gasteiger partial charge in [-0.1, -0.05) is 32.6 Å². The van der Waals surface area contributed by atoms with Gasteiger partial charge in [-0.25, -0.2) is 0 Å². The first kappa shape index (κ1) is 16.4. The fourth-order valence-corrected chi connectivity index (χ4v) is 1.82. The van der Waals surface area contributed by atoms with Crippen molar-refractivity contribution in [1.29, 1.82) is 0 Å². The van der Waals surface area contributed by atoms with E-state index in [1.54, 1.807) is 0 Å². The van der Waals surface area contributed by atoms with Crippen LogP contribution >= 0.6 is 0 Å². The summed E-state index contributed by atoms with van der Waals surface area (Å²) in [5.41, 5.74) is 0. The number of nitrogens with zero attached hydrogens (tertiary/aromatic N) is 1. The highest BCUT2D eigenvalue weighted by Crippen LogP contribution is 2.06. The summed E-state index contributed by atoms with van der Waals surface area (Å²) in [6.45, 7) is 4.18. The zero-order valence-corrected chi connectivity index (χ0v) is 11.9. The van der Waals surface area contributed by atoms with E-state index >= 15 is 0 Å². The molecule has 1 N–H and O–H groups in total. The molecule has 0 aromatic heterocycles. The maximum Gasteiger partial charge on any atom is 0.222 e. The molecule has 0 aromatic carbocycles. The van der Waals surface area contributed by atoms with Gasteiger partial charge in [-0.2, -0.15) is 0 Å². The SMILES string of the molecule is CCCCN(C)C(=O)CCCCCCCNC. The predicted molar refractivity (Wildman–Crippen MR) is 74.2 cm³/mol. The smallest absolute Gasteiger partial charge is 0.222 e. The second-order valence-corrected chi connectivity index (χ2v) is 4.79. The van der Waals surface area contributed by atoms with Crippen LogP contribution in [0.5, 0.6) is 0 Å². The van der Waals surface area contributed by atoms with E-state index in [0.29, 0.717) is 5.91 Å². The molecular weight excluding hydrogens is 212 g/mol. The van der Waals surface area contributed by atoms with E-state index in [4.69, 9.17) is 0 Å². The van der Waals surface area contributed by atoms with E-state index < -0.39 is 0 Å². The number of hydrogen-bond acceptors (Lipinski definition) is 2. The standard InChI is InChI=1S/C14H30N2O/c1-4-5-13-16(3)14(17)11-9-7-6-8-10-12-15-2/h15H,4-13H2,1-3H3. The highest BCUT2D eigenvalue weighted by molar-refractivity contribution is 5.75. The molecule has 0 atom stereocenters. The highest BCUT2D eigenvalue weighted by atomic mass is 16.2. The maximum atomic E-state index is 11.7. The molecule has 3 nitrogen and oxygen atoms in total. The van der Waals surface area contributed by atoms with Crippen molar-refractivity contribution in [2.24, 2.45) is 0 Å². The average Bonchev–Trinajstić information content (AvgIpc) is 2.34. The summed E-state index contributed by atoms with van der Waals surface area (Å²) in [6.07, 6.45) is 9.03. The Bertz CT molecular complexity index is 183. The molecule has 102 valence electrons. The normalized spacial score (nSPS) is 10.5. The van der Waals surface area contributed by atoms with E-state index in [2.05, 4.69) is 12.2 Å². The second kappa shape index (κ2) is 11.9.